The predicted octanol–water partition coefficient (Wildman–Crippen LogP) is 2.99. The molecule has 0 atom stereocenters. The fourth-order valence-electron chi connectivity index (χ4n) is 2.89. The molecule has 0 unspecified atom stereocenters. The lowest BCUT2D eigenvalue weighted by molar-refractivity contribution is -0.389. The van der Waals surface area contributed by atoms with Crippen LogP contribution in [-0.4, -0.2) is 30.4 Å². The summed E-state index contributed by atoms with van der Waals surface area (Å²) in [5, 5.41) is 21.9. The predicted molar refractivity (Wildman–Crippen MR) is 104 cm³/mol. The van der Waals surface area contributed by atoms with Gasteiger partial charge in [-0.3, -0.25) is 9.48 Å². The van der Waals surface area contributed by atoms with Crippen molar-refractivity contribution in [2.24, 2.45) is 0 Å². The van der Waals surface area contributed by atoms with Crippen molar-refractivity contribution in [1.29, 1.82) is 0 Å². The number of aryl methyl sites for hydroxylation is 3. The van der Waals surface area contributed by atoms with E-state index in [0.717, 1.165) is 17.0 Å². The highest BCUT2D eigenvalue weighted by atomic mass is 16.6. The number of benzene rings is 1. The minimum absolute atomic E-state index is 0.154. The van der Waals surface area contributed by atoms with Gasteiger partial charge in [0.1, 0.15) is 0 Å². The number of hydrogen-bond donors (Lipinski definition) is 1. The van der Waals surface area contributed by atoms with E-state index in [1.54, 1.807) is 0 Å². The van der Waals surface area contributed by atoms with Gasteiger partial charge < -0.3 is 15.4 Å². The Kier molecular flexibility index (Phi) is 5.53. The zero-order valence-electron chi connectivity index (χ0n) is 16.0. The smallest absolute Gasteiger partial charge is 0.358 e. The van der Waals surface area contributed by atoms with Crippen molar-refractivity contribution in [2.45, 2.75) is 40.3 Å². The minimum Gasteiger partial charge on any atom is -0.358 e. The molecule has 0 radical (unpaired) electrons. The molecule has 0 aliphatic carbocycles. The molecule has 3 rings (SSSR count). The summed E-state index contributed by atoms with van der Waals surface area (Å²) in [6.07, 6.45) is 1.64. The first-order valence-corrected chi connectivity index (χ1v) is 8.90. The van der Waals surface area contributed by atoms with Gasteiger partial charge in [-0.15, -0.1) is 0 Å². The van der Waals surface area contributed by atoms with Gasteiger partial charge in [0, 0.05) is 6.42 Å². The van der Waals surface area contributed by atoms with E-state index in [2.05, 4.69) is 39.8 Å². The highest BCUT2D eigenvalue weighted by Crippen LogP contribution is 2.21. The molecule has 0 spiro atoms. The number of nitrogens with one attached hydrogen (secondary N) is 1. The van der Waals surface area contributed by atoms with Crippen LogP contribution >= 0.6 is 0 Å². The maximum absolute atomic E-state index is 12.3. The second-order valence-electron chi connectivity index (χ2n) is 6.68. The Morgan fingerprint density at radius 3 is 2.50 bits per heavy atom. The first-order chi connectivity index (χ1) is 13.3. The molecule has 9 heteroatoms. The van der Waals surface area contributed by atoms with E-state index in [1.807, 2.05) is 25.5 Å². The molecule has 0 saturated heterocycles. The molecule has 0 bridgehead atoms. The van der Waals surface area contributed by atoms with Crippen LogP contribution in [0.5, 0.6) is 0 Å². The molecule has 0 saturated carbocycles. The molecule has 9 nitrogen and oxygen atoms in total. The molecule has 2 aromatic heterocycles. The average Bonchev–Trinajstić information content (AvgIpc) is 3.23. The van der Waals surface area contributed by atoms with E-state index >= 15 is 0 Å². The summed E-state index contributed by atoms with van der Waals surface area (Å²) >= 11 is 0. The van der Waals surface area contributed by atoms with E-state index < -0.39 is 4.92 Å². The quantitative estimate of drug-likeness (QED) is 0.499. The zero-order valence-corrected chi connectivity index (χ0v) is 16.0. The van der Waals surface area contributed by atoms with Crippen LogP contribution in [0.25, 0.3) is 0 Å². The van der Waals surface area contributed by atoms with Gasteiger partial charge in [0.2, 0.25) is 5.91 Å². The van der Waals surface area contributed by atoms with Crippen LogP contribution in [0.15, 0.2) is 36.5 Å². The van der Waals surface area contributed by atoms with Crippen molar-refractivity contribution in [3.05, 3.63) is 69.2 Å². The first-order valence-electron chi connectivity index (χ1n) is 8.90. The molecule has 28 heavy (non-hydrogen) atoms. The van der Waals surface area contributed by atoms with Crippen molar-refractivity contribution < 1.29 is 9.72 Å². The number of aromatic nitrogens is 4. The van der Waals surface area contributed by atoms with Crippen LogP contribution in [0.2, 0.25) is 0 Å². The van der Waals surface area contributed by atoms with Gasteiger partial charge in [-0.2, -0.15) is 9.78 Å². The molecule has 0 aliphatic rings. The van der Waals surface area contributed by atoms with Gasteiger partial charge >= 0.3 is 5.82 Å². The third kappa shape index (κ3) is 4.43. The van der Waals surface area contributed by atoms with E-state index in [9.17, 15) is 14.9 Å². The van der Waals surface area contributed by atoms with Crippen molar-refractivity contribution in [1.82, 2.24) is 19.6 Å². The van der Waals surface area contributed by atoms with Gasteiger partial charge in [0.25, 0.3) is 0 Å². The van der Waals surface area contributed by atoms with Crippen molar-refractivity contribution in [3.63, 3.8) is 0 Å². The summed E-state index contributed by atoms with van der Waals surface area (Å²) < 4.78 is 3.25. The lowest BCUT2D eigenvalue weighted by Gasteiger charge is -2.07. The Labute approximate surface area is 162 Å². The van der Waals surface area contributed by atoms with Crippen LogP contribution < -0.4 is 5.32 Å². The van der Waals surface area contributed by atoms with Crippen LogP contribution in [0.1, 0.15) is 28.9 Å². The van der Waals surface area contributed by atoms with Crippen molar-refractivity contribution in [2.75, 3.05) is 5.32 Å². The molecular formula is C19H22N6O3. The van der Waals surface area contributed by atoms with Crippen LogP contribution in [0.3, 0.4) is 0 Å². The number of rotatable bonds is 7. The van der Waals surface area contributed by atoms with E-state index in [0.29, 0.717) is 12.2 Å². The maximum atomic E-state index is 12.3. The monoisotopic (exact) mass is 382 g/mol. The molecule has 1 aromatic carbocycles. The largest absolute Gasteiger partial charge is 0.389 e. The number of amides is 1. The first kappa shape index (κ1) is 19.3. The lowest BCUT2D eigenvalue weighted by Crippen LogP contribution is -2.16. The average molecular weight is 382 g/mol. The maximum Gasteiger partial charge on any atom is 0.389 e. The zero-order chi connectivity index (χ0) is 20.3. The molecule has 0 fully saturated rings. The summed E-state index contributed by atoms with van der Waals surface area (Å²) in [5.41, 5.74) is 4.65. The summed E-state index contributed by atoms with van der Waals surface area (Å²) in [7, 11) is 0. The lowest BCUT2D eigenvalue weighted by atomic mass is 10.1. The van der Waals surface area contributed by atoms with Crippen LogP contribution in [0, 0.1) is 30.9 Å². The van der Waals surface area contributed by atoms with E-state index in [-0.39, 0.29) is 24.7 Å². The second-order valence-corrected chi connectivity index (χ2v) is 6.68. The van der Waals surface area contributed by atoms with Gasteiger partial charge in [-0.1, -0.05) is 29.8 Å². The highest BCUT2D eigenvalue weighted by Gasteiger charge is 2.16. The fraction of sp³-hybridized carbons (Fsp3) is 0.316. The number of carbonyl (C=O) groups excluding carboxylic acids is 1. The number of carbonyl (C=O) groups is 1. The van der Waals surface area contributed by atoms with Crippen molar-refractivity contribution in [3.8, 4) is 0 Å². The van der Waals surface area contributed by atoms with E-state index in [4.69, 9.17) is 0 Å². The third-order valence-electron chi connectivity index (χ3n) is 4.48. The number of hydrogen-bond acceptors (Lipinski definition) is 5. The summed E-state index contributed by atoms with van der Waals surface area (Å²) in [6, 6.07) is 9.55. The SMILES string of the molecule is Cc1ccc(Cn2nc(C)c(NC(=O)CCn3ccc([N+](=O)[O-])n3)c2C)cc1. The summed E-state index contributed by atoms with van der Waals surface area (Å²) in [5.74, 6) is -0.427. The van der Waals surface area contributed by atoms with Gasteiger partial charge in [-0.25, -0.2) is 0 Å². The van der Waals surface area contributed by atoms with Crippen molar-refractivity contribution >= 4 is 17.4 Å². The standard InChI is InChI=1S/C19H22N6O3/c1-13-4-6-16(7-5-13)12-24-15(3)19(14(2)21-24)20-18(26)9-11-23-10-8-17(22-23)25(27)28/h4-8,10H,9,11-12H2,1-3H3,(H,20,26). The second kappa shape index (κ2) is 8.03. The summed E-state index contributed by atoms with van der Waals surface area (Å²) in [4.78, 5) is 22.4. The van der Waals surface area contributed by atoms with Gasteiger partial charge in [0.05, 0.1) is 47.5 Å². The molecule has 0 aliphatic heterocycles. The topological polar surface area (TPSA) is 108 Å². The normalized spacial score (nSPS) is 10.8. The molecule has 146 valence electrons. The Hall–Kier alpha value is -3.49. The molecule has 3 aromatic rings. The van der Waals surface area contributed by atoms with Gasteiger partial charge in [-0.05, 0) is 31.3 Å². The Morgan fingerprint density at radius 1 is 1.14 bits per heavy atom. The number of anilines is 1. The Bertz CT molecular complexity index is 1000. The molecular weight excluding hydrogens is 360 g/mol. The summed E-state index contributed by atoms with van der Waals surface area (Å²) in [6.45, 7) is 6.70. The molecule has 2 heterocycles. The van der Waals surface area contributed by atoms with Crippen LogP contribution in [0.4, 0.5) is 11.5 Å². The minimum atomic E-state index is -0.564. The van der Waals surface area contributed by atoms with E-state index in [1.165, 1.54) is 22.5 Å². The Balaban J connectivity index is 1.63. The van der Waals surface area contributed by atoms with Gasteiger partial charge in [0.15, 0.2) is 0 Å². The fourth-order valence-corrected chi connectivity index (χ4v) is 2.89. The molecule has 1 N–H and O–H groups in total. The third-order valence-corrected chi connectivity index (χ3v) is 4.48. The molecule has 1 amide bonds. The van der Waals surface area contributed by atoms with Crippen LogP contribution in [-0.2, 0) is 17.9 Å². The number of nitrogens with zero attached hydrogens (tertiary/aromatic N) is 5. The Morgan fingerprint density at radius 2 is 1.86 bits per heavy atom. The highest BCUT2D eigenvalue weighted by molar-refractivity contribution is 5.91. The number of nitro groups is 1.